The lowest BCUT2D eigenvalue weighted by molar-refractivity contribution is -0.143. The number of aryl methyl sites for hydroxylation is 1. The Morgan fingerprint density at radius 1 is 1.39 bits per heavy atom. The number of imidazole rings is 1. The molecule has 5 heteroatoms. The van der Waals surface area contributed by atoms with Gasteiger partial charge in [-0.15, -0.1) is 0 Å². The molecule has 1 aromatic carbocycles. The highest BCUT2D eigenvalue weighted by Gasteiger charge is 2.26. The molecule has 0 saturated heterocycles. The minimum absolute atomic E-state index is 0.198. The Labute approximate surface area is 136 Å². The van der Waals surface area contributed by atoms with Crippen LogP contribution in [-0.2, 0) is 17.9 Å². The molecule has 0 spiro atoms. The Morgan fingerprint density at radius 3 is 3.00 bits per heavy atom. The molecule has 2 atom stereocenters. The third-order valence-corrected chi connectivity index (χ3v) is 4.75. The van der Waals surface area contributed by atoms with Crippen LogP contribution in [0.5, 0.6) is 0 Å². The highest BCUT2D eigenvalue weighted by Crippen LogP contribution is 2.25. The predicted octanol–water partition coefficient (Wildman–Crippen LogP) is 3.18. The number of para-hydroxylation sites is 2. The van der Waals surface area contributed by atoms with E-state index in [0.29, 0.717) is 6.54 Å². The van der Waals surface area contributed by atoms with Crippen LogP contribution in [0.4, 0.5) is 0 Å². The molecular weight excluding hydrogens is 290 g/mol. The molecule has 23 heavy (non-hydrogen) atoms. The zero-order chi connectivity index (χ0) is 16.2. The number of carboxylic acids is 1. The third-order valence-electron chi connectivity index (χ3n) is 4.75. The van der Waals surface area contributed by atoms with Gasteiger partial charge in [-0.2, -0.15) is 0 Å². The maximum atomic E-state index is 11.2. The second-order valence-electron chi connectivity index (χ2n) is 6.45. The first-order chi connectivity index (χ1) is 11.2. The summed E-state index contributed by atoms with van der Waals surface area (Å²) in [5.74, 6) is 0.191. The lowest BCUT2D eigenvalue weighted by Crippen LogP contribution is -2.36. The molecule has 0 bridgehead atoms. The fourth-order valence-corrected chi connectivity index (χ4v) is 3.57. The van der Waals surface area contributed by atoms with Crippen LogP contribution in [-0.4, -0.2) is 26.7 Å². The first-order valence-electron chi connectivity index (χ1n) is 8.59. The standard InChI is InChI=1S/C18H25N3O2/c1-2-10-21-16-9-4-3-8-15(16)20-17(21)12-19-14-7-5-6-13(11-14)18(22)23/h3-4,8-9,13-14,19H,2,5-7,10-12H2,1H3,(H,22,23)/t13-,14+/m0/s1. The van der Waals surface area contributed by atoms with E-state index in [1.54, 1.807) is 0 Å². The smallest absolute Gasteiger partial charge is 0.306 e. The summed E-state index contributed by atoms with van der Waals surface area (Å²) in [6, 6.07) is 8.50. The van der Waals surface area contributed by atoms with Crippen molar-refractivity contribution in [1.29, 1.82) is 0 Å². The van der Waals surface area contributed by atoms with E-state index in [1.807, 2.05) is 18.2 Å². The Bertz CT molecular complexity index is 680. The summed E-state index contributed by atoms with van der Waals surface area (Å²) in [6.45, 7) is 3.83. The minimum atomic E-state index is -0.658. The van der Waals surface area contributed by atoms with Gasteiger partial charge in [0.05, 0.1) is 23.5 Å². The van der Waals surface area contributed by atoms with Crippen molar-refractivity contribution in [2.24, 2.45) is 5.92 Å². The van der Waals surface area contributed by atoms with E-state index < -0.39 is 5.97 Å². The molecule has 5 nitrogen and oxygen atoms in total. The van der Waals surface area contributed by atoms with Gasteiger partial charge in [-0.1, -0.05) is 25.5 Å². The number of nitrogens with zero attached hydrogens (tertiary/aromatic N) is 2. The minimum Gasteiger partial charge on any atom is -0.481 e. The van der Waals surface area contributed by atoms with Crippen LogP contribution < -0.4 is 5.32 Å². The van der Waals surface area contributed by atoms with E-state index in [-0.39, 0.29) is 12.0 Å². The summed E-state index contributed by atoms with van der Waals surface area (Å²) in [5.41, 5.74) is 2.21. The Hall–Kier alpha value is -1.88. The summed E-state index contributed by atoms with van der Waals surface area (Å²) in [6.07, 6.45) is 4.64. The molecule has 124 valence electrons. The van der Waals surface area contributed by atoms with Crippen LogP contribution in [0.2, 0.25) is 0 Å². The van der Waals surface area contributed by atoms with Crippen molar-refractivity contribution in [3.05, 3.63) is 30.1 Å². The number of carboxylic acid groups (broad SMARTS) is 1. The molecule has 1 saturated carbocycles. The van der Waals surface area contributed by atoms with Crippen LogP contribution in [0.15, 0.2) is 24.3 Å². The van der Waals surface area contributed by atoms with Gasteiger partial charge in [0, 0.05) is 12.6 Å². The van der Waals surface area contributed by atoms with Crippen molar-refractivity contribution in [3.8, 4) is 0 Å². The van der Waals surface area contributed by atoms with E-state index in [0.717, 1.165) is 50.0 Å². The second kappa shape index (κ2) is 7.13. The van der Waals surface area contributed by atoms with Crippen LogP contribution >= 0.6 is 0 Å². The Morgan fingerprint density at radius 2 is 2.22 bits per heavy atom. The number of aliphatic carboxylic acids is 1. The molecule has 2 N–H and O–H groups in total. The van der Waals surface area contributed by atoms with Gasteiger partial charge >= 0.3 is 5.97 Å². The Balaban J connectivity index is 1.71. The molecule has 3 rings (SSSR count). The molecule has 1 heterocycles. The number of aromatic nitrogens is 2. The van der Waals surface area contributed by atoms with Crippen molar-refractivity contribution in [2.75, 3.05) is 0 Å². The molecule has 0 unspecified atom stereocenters. The largest absolute Gasteiger partial charge is 0.481 e. The molecular formula is C18H25N3O2. The van der Waals surface area contributed by atoms with Gasteiger partial charge in [-0.05, 0) is 37.8 Å². The lowest BCUT2D eigenvalue weighted by Gasteiger charge is -2.27. The number of fused-ring (bicyclic) bond motifs is 1. The second-order valence-corrected chi connectivity index (χ2v) is 6.45. The van der Waals surface area contributed by atoms with Crippen LogP contribution in [0.1, 0.15) is 44.9 Å². The zero-order valence-electron chi connectivity index (χ0n) is 13.7. The third kappa shape index (κ3) is 3.55. The van der Waals surface area contributed by atoms with Gasteiger partial charge in [0.25, 0.3) is 0 Å². The summed E-state index contributed by atoms with van der Waals surface area (Å²) in [5, 5.41) is 12.7. The molecule has 0 aliphatic heterocycles. The van der Waals surface area contributed by atoms with Crippen LogP contribution in [0, 0.1) is 5.92 Å². The summed E-state index contributed by atoms with van der Waals surface area (Å²) < 4.78 is 2.28. The highest BCUT2D eigenvalue weighted by molar-refractivity contribution is 5.75. The monoisotopic (exact) mass is 315 g/mol. The number of carbonyl (C=O) groups is 1. The number of nitrogens with one attached hydrogen (secondary N) is 1. The lowest BCUT2D eigenvalue weighted by atomic mass is 9.86. The average molecular weight is 315 g/mol. The molecule has 1 fully saturated rings. The van der Waals surface area contributed by atoms with Gasteiger partial charge in [-0.25, -0.2) is 4.98 Å². The van der Waals surface area contributed by atoms with Crippen molar-refractivity contribution in [1.82, 2.24) is 14.9 Å². The summed E-state index contributed by atoms with van der Waals surface area (Å²) >= 11 is 0. The van der Waals surface area contributed by atoms with Crippen molar-refractivity contribution in [3.63, 3.8) is 0 Å². The average Bonchev–Trinajstić information content (AvgIpc) is 2.92. The highest BCUT2D eigenvalue weighted by atomic mass is 16.4. The Kier molecular flexibility index (Phi) is 4.96. The summed E-state index contributed by atoms with van der Waals surface area (Å²) in [7, 11) is 0. The SMILES string of the molecule is CCCn1c(CN[C@@H]2CCC[C@H](C(=O)O)C2)nc2ccccc21. The molecule has 0 amide bonds. The quantitative estimate of drug-likeness (QED) is 0.859. The number of hydrogen-bond donors (Lipinski definition) is 2. The maximum absolute atomic E-state index is 11.2. The van der Waals surface area contributed by atoms with Crippen LogP contribution in [0.25, 0.3) is 11.0 Å². The van der Waals surface area contributed by atoms with E-state index in [9.17, 15) is 9.90 Å². The predicted molar refractivity (Wildman–Crippen MR) is 90.2 cm³/mol. The van der Waals surface area contributed by atoms with Gasteiger partial charge in [0.15, 0.2) is 0 Å². The van der Waals surface area contributed by atoms with Crippen molar-refractivity contribution < 1.29 is 9.90 Å². The molecule has 1 aliphatic carbocycles. The first-order valence-corrected chi connectivity index (χ1v) is 8.59. The molecule has 1 aliphatic rings. The van der Waals surface area contributed by atoms with E-state index in [4.69, 9.17) is 4.98 Å². The fourth-order valence-electron chi connectivity index (χ4n) is 3.57. The molecule has 1 aromatic heterocycles. The van der Waals surface area contributed by atoms with E-state index in [1.165, 1.54) is 5.52 Å². The number of benzene rings is 1. The van der Waals surface area contributed by atoms with Crippen molar-refractivity contribution >= 4 is 17.0 Å². The zero-order valence-corrected chi connectivity index (χ0v) is 13.7. The number of rotatable bonds is 6. The van der Waals surface area contributed by atoms with Gasteiger partial charge in [0.2, 0.25) is 0 Å². The maximum Gasteiger partial charge on any atom is 0.306 e. The van der Waals surface area contributed by atoms with Gasteiger partial charge in [0.1, 0.15) is 5.82 Å². The molecule has 0 radical (unpaired) electrons. The number of hydrogen-bond acceptors (Lipinski definition) is 3. The normalized spacial score (nSPS) is 21.6. The fraction of sp³-hybridized carbons (Fsp3) is 0.556. The van der Waals surface area contributed by atoms with Crippen LogP contribution in [0.3, 0.4) is 0 Å². The van der Waals surface area contributed by atoms with E-state index >= 15 is 0 Å². The summed E-state index contributed by atoms with van der Waals surface area (Å²) in [4.78, 5) is 15.9. The van der Waals surface area contributed by atoms with Crippen molar-refractivity contribution in [2.45, 2.75) is 58.2 Å². The first kappa shape index (κ1) is 16.0. The van der Waals surface area contributed by atoms with Gasteiger partial charge in [-0.3, -0.25) is 4.79 Å². The topological polar surface area (TPSA) is 67.2 Å². The van der Waals surface area contributed by atoms with Gasteiger partial charge < -0.3 is 15.0 Å². The molecule has 2 aromatic rings. The van der Waals surface area contributed by atoms with E-state index in [2.05, 4.69) is 22.9 Å².